The molecule has 6 rings (SSSR count). The summed E-state index contributed by atoms with van der Waals surface area (Å²) in [5.74, 6) is -1.25. The SMILES string of the molecule is COCCO[C@@H]1CCN(c2ccc(-c3cc(=O)c(C(=O)O)cn3-c3ccc4nc(N5CC[C@H](OC)C5)sc4c3)cc2)C1. The zero-order valence-electron chi connectivity index (χ0n) is 23.7. The smallest absolute Gasteiger partial charge is 0.341 e. The average molecular weight is 591 g/mol. The number of carboxylic acid groups (broad SMARTS) is 1. The zero-order chi connectivity index (χ0) is 29.2. The van der Waals surface area contributed by atoms with Crippen LogP contribution in [0.3, 0.4) is 0 Å². The maximum Gasteiger partial charge on any atom is 0.341 e. The normalized spacial score (nSPS) is 18.8. The molecule has 0 spiro atoms. The molecule has 0 aliphatic carbocycles. The molecule has 2 aliphatic rings. The van der Waals surface area contributed by atoms with Crippen molar-refractivity contribution in [3.8, 4) is 16.9 Å². The number of aromatic nitrogens is 2. The molecule has 0 amide bonds. The van der Waals surface area contributed by atoms with Crippen LogP contribution in [-0.4, -0.2) is 86.4 Å². The van der Waals surface area contributed by atoms with Crippen LogP contribution < -0.4 is 15.2 Å². The quantitative estimate of drug-likeness (QED) is 0.271. The van der Waals surface area contributed by atoms with Gasteiger partial charge in [0.2, 0.25) is 0 Å². The molecule has 220 valence electrons. The number of pyridine rings is 1. The first-order valence-electron chi connectivity index (χ1n) is 14.1. The van der Waals surface area contributed by atoms with E-state index >= 15 is 0 Å². The van der Waals surface area contributed by atoms with Gasteiger partial charge in [-0.15, -0.1) is 0 Å². The van der Waals surface area contributed by atoms with Crippen molar-refractivity contribution in [3.05, 3.63) is 70.5 Å². The van der Waals surface area contributed by atoms with E-state index in [1.165, 1.54) is 12.3 Å². The number of carboxylic acids is 1. The number of aromatic carboxylic acids is 1. The van der Waals surface area contributed by atoms with E-state index in [0.29, 0.717) is 18.9 Å². The summed E-state index contributed by atoms with van der Waals surface area (Å²) in [6.07, 6.45) is 3.72. The lowest BCUT2D eigenvalue weighted by atomic mass is 10.1. The van der Waals surface area contributed by atoms with Crippen LogP contribution in [0, 0.1) is 0 Å². The van der Waals surface area contributed by atoms with E-state index in [-0.39, 0.29) is 17.8 Å². The van der Waals surface area contributed by atoms with Crippen molar-refractivity contribution in [2.75, 3.05) is 63.4 Å². The van der Waals surface area contributed by atoms with Crippen LogP contribution in [0.15, 0.2) is 59.5 Å². The molecule has 0 radical (unpaired) electrons. The number of carbonyl (C=O) groups is 1. The molecule has 0 saturated carbocycles. The number of rotatable bonds is 10. The molecule has 1 N–H and O–H groups in total. The Balaban J connectivity index is 1.30. The second-order valence-electron chi connectivity index (χ2n) is 10.6. The molecule has 4 aromatic rings. The first-order valence-corrected chi connectivity index (χ1v) is 14.9. The van der Waals surface area contributed by atoms with E-state index in [9.17, 15) is 14.7 Å². The van der Waals surface area contributed by atoms with Crippen LogP contribution in [0.2, 0.25) is 0 Å². The van der Waals surface area contributed by atoms with Gasteiger partial charge in [-0.25, -0.2) is 9.78 Å². The van der Waals surface area contributed by atoms with Gasteiger partial charge in [0.05, 0.1) is 41.3 Å². The second kappa shape index (κ2) is 12.2. The molecule has 0 unspecified atom stereocenters. The monoisotopic (exact) mass is 590 g/mol. The molecule has 2 aromatic heterocycles. The first-order chi connectivity index (χ1) is 20.4. The molecule has 2 aromatic carbocycles. The number of hydrogen-bond donors (Lipinski definition) is 1. The van der Waals surface area contributed by atoms with E-state index in [2.05, 4.69) is 9.80 Å². The van der Waals surface area contributed by atoms with Crippen molar-refractivity contribution < 1.29 is 24.1 Å². The van der Waals surface area contributed by atoms with Gasteiger partial charge in [-0.3, -0.25) is 4.79 Å². The number of anilines is 2. The van der Waals surface area contributed by atoms with Crippen LogP contribution in [0.4, 0.5) is 10.8 Å². The summed E-state index contributed by atoms with van der Waals surface area (Å²) >= 11 is 1.60. The number of methoxy groups -OCH3 is 2. The third-order valence-corrected chi connectivity index (χ3v) is 9.06. The summed E-state index contributed by atoms with van der Waals surface area (Å²) in [7, 11) is 3.41. The molecule has 11 heteroatoms. The molecule has 4 heterocycles. The number of fused-ring (bicyclic) bond motifs is 1. The van der Waals surface area contributed by atoms with Crippen LogP contribution in [0.1, 0.15) is 23.2 Å². The minimum atomic E-state index is -1.25. The first kappa shape index (κ1) is 28.4. The molecule has 42 heavy (non-hydrogen) atoms. The van der Waals surface area contributed by atoms with Gasteiger partial charge in [0, 0.05) is 64.0 Å². The fraction of sp³-hybridized carbons (Fsp3) is 0.387. The predicted octanol–water partition coefficient (Wildman–Crippen LogP) is 4.28. The summed E-state index contributed by atoms with van der Waals surface area (Å²) in [5.41, 5.74) is 3.32. The Labute approximate surface area is 247 Å². The van der Waals surface area contributed by atoms with Gasteiger partial charge in [-0.1, -0.05) is 23.5 Å². The summed E-state index contributed by atoms with van der Waals surface area (Å²) in [4.78, 5) is 34.1. The minimum absolute atomic E-state index is 0.169. The van der Waals surface area contributed by atoms with Crippen molar-refractivity contribution in [3.63, 3.8) is 0 Å². The number of thiazole rings is 1. The van der Waals surface area contributed by atoms with Crippen molar-refractivity contribution in [2.24, 2.45) is 0 Å². The molecular weight excluding hydrogens is 556 g/mol. The van der Waals surface area contributed by atoms with Gasteiger partial charge in [-0.2, -0.15) is 0 Å². The van der Waals surface area contributed by atoms with Gasteiger partial charge < -0.3 is 33.7 Å². The third kappa shape index (κ3) is 5.78. The topological polar surface area (TPSA) is 106 Å². The number of ether oxygens (including phenoxy) is 3. The summed E-state index contributed by atoms with van der Waals surface area (Å²) in [6.45, 7) is 4.57. The lowest BCUT2D eigenvalue weighted by Gasteiger charge is -2.20. The highest BCUT2D eigenvalue weighted by molar-refractivity contribution is 7.22. The van der Waals surface area contributed by atoms with Crippen molar-refractivity contribution in [1.29, 1.82) is 0 Å². The lowest BCUT2D eigenvalue weighted by Crippen LogP contribution is -2.23. The number of benzene rings is 2. The molecule has 2 atom stereocenters. The van der Waals surface area contributed by atoms with Crippen LogP contribution in [0.25, 0.3) is 27.2 Å². The van der Waals surface area contributed by atoms with E-state index < -0.39 is 11.4 Å². The third-order valence-electron chi connectivity index (χ3n) is 7.98. The molecular formula is C31H34N4O6S. The summed E-state index contributed by atoms with van der Waals surface area (Å²) in [6, 6.07) is 15.3. The fourth-order valence-electron chi connectivity index (χ4n) is 5.65. The Morgan fingerprint density at radius 3 is 2.45 bits per heavy atom. The minimum Gasteiger partial charge on any atom is -0.477 e. The highest BCUT2D eigenvalue weighted by Gasteiger charge is 2.25. The van der Waals surface area contributed by atoms with E-state index in [0.717, 1.165) is 71.3 Å². The standard InChI is InChI=1S/C31H34N4O6S/c1-39-13-14-41-24-10-11-33(18-24)21-5-3-20(4-6-21)27-16-28(36)25(30(37)38)19-35(27)22-7-8-26-29(15-22)42-31(32-26)34-12-9-23(17-34)40-2/h3-8,15-16,19,23-24H,9-14,17-18H2,1-2H3,(H,37,38)/t23-,24+/m0/s1. The Morgan fingerprint density at radius 1 is 0.976 bits per heavy atom. The lowest BCUT2D eigenvalue weighted by molar-refractivity contribution is 0.0280. The van der Waals surface area contributed by atoms with E-state index in [4.69, 9.17) is 19.2 Å². The van der Waals surface area contributed by atoms with Gasteiger partial charge in [0.1, 0.15) is 5.56 Å². The zero-order valence-corrected chi connectivity index (χ0v) is 24.5. The fourth-order valence-corrected chi connectivity index (χ4v) is 6.68. The van der Waals surface area contributed by atoms with Gasteiger partial charge in [-0.05, 0) is 48.7 Å². The highest BCUT2D eigenvalue weighted by atomic mass is 32.1. The molecule has 0 bridgehead atoms. The molecule has 2 saturated heterocycles. The molecule has 2 aliphatic heterocycles. The average Bonchev–Trinajstić information content (AvgIpc) is 3.76. The van der Waals surface area contributed by atoms with Gasteiger partial charge in [0.15, 0.2) is 10.6 Å². The summed E-state index contributed by atoms with van der Waals surface area (Å²) < 4.78 is 19.3. The van der Waals surface area contributed by atoms with Crippen LogP contribution >= 0.6 is 11.3 Å². The second-order valence-corrected chi connectivity index (χ2v) is 11.6. The number of hydrogen-bond acceptors (Lipinski definition) is 9. The predicted molar refractivity (Wildman–Crippen MR) is 164 cm³/mol. The number of nitrogens with zero attached hydrogens (tertiary/aromatic N) is 4. The molecule has 10 nitrogen and oxygen atoms in total. The maximum absolute atomic E-state index is 12.8. The van der Waals surface area contributed by atoms with E-state index in [1.54, 1.807) is 30.1 Å². The van der Waals surface area contributed by atoms with Crippen LogP contribution in [-0.2, 0) is 14.2 Å². The van der Waals surface area contributed by atoms with Crippen molar-refractivity contribution in [1.82, 2.24) is 9.55 Å². The van der Waals surface area contributed by atoms with Crippen molar-refractivity contribution >= 4 is 38.3 Å². The van der Waals surface area contributed by atoms with Crippen LogP contribution in [0.5, 0.6) is 0 Å². The Bertz CT molecular complexity index is 1630. The largest absolute Gasteiger partial charge is 0.477 e. The molecule has 2 fully saturated rings. The van der Waals surface area contributed by atoms with Gasteiger partial charge >= 0.3 is 5.97 Å². The Kier molecular flexibility index (Phi) is 8.25. The maximum atomic E-state index is 12.8. The highest BCUT2D eigenvalue weighted by Crippen LogP contribution is 2.34. The Morgan fingerprint density at radius 2 is 1.71 bits per heavy atom. The van der Waals surface area contributed by atoms with Crippen molar-refractivity contribution in [2.45, 2.75) is 25.0 Å². The van der Waals surface area contributed by atoms with E-state index in [1.807, 2.05) is 42.5 Å². The Hall–Kier alpha value is -3.77. The van der Waals surface area contributed by atoms with Gasteiger partial charge in [0.25, 0.3) is 0 Å². The summed E-state index contributed by atoms with van der Waals surface area (Å²) in [5, 5.41) is 10.7.